The highest BCUT2D eigenvalue weighted by Crippen LogP contribution is 2.20. The predicted octanol–water partition coefficient (Wildman–Crippen LogP) is 2.35. The Morgan fingerprint density at radius 3 is 2.50 bits per heavy atom. The number of anilines is 2. The van der Waals surface area contributed by atoms with Crippen molar-refractivity contribution in [2.75, 3.05) is 10.6 Å². The van der Waals surface area contributed by atoms with E-state index in [4.69, 9.17) is 0 Å². The van der Waals surface area contributed by atoms with Crippen LogP contribution in [0, 0.1) is 5.82 Å². The predicted molar refractivity (Wildman–Crippen MR) is 103 cm³/mol. The number of nitrogens with zero attached hydrogens (tertiary/aromatic N) is 2. The molecule has 0 atom stereocenters. The fourth-order valence-corrected chi connectivity index (χ4v) is 2.49. The second kappa shape index (κ2) is 8.26. The molecule has 8 heteroatoms. The molecule has 0 fully saturated rings. The molecule has 0 aliphatic carbocycles. The van der Waals surface area contributed by atoms with Gasteiger partial charge in [0.15, 0.2) is 0 Å². The number of rotatable bonds is 5. The van der Waals surface area contributed by atoms with Crippen LogP contribution in [0.2, 0.25) is 0 Å². The van der Waals surface area contributed by atoms with Crippen LogP contribution in [0.25, 0.3) is 0 Å². The molecular formula is C20H17FN4O3. The lowest BCUT2D eigenvalue weighted by molar-refractivity contribution is -0.115. The number of aryl methyl sites for hydroxylation is 1. The number of benzene rings is 2. The number of halogens is 1. The van der Waals surface area contributed by atoms with E-state index in [1.807, 2.05) is 18.2 Å². The molecule has 7 nitrogen and oxygen atoms in total. The van der Waals surface area contributed by atoms with Gasteiger partial charge in [-0.3, -0.25) is 14.4 Å². The van der Waals surface area contributed by atoms with Gasteiger partial charge in [0.1, 0.15) is 11.5 Å². The van der Waals surface area contributed by atoms with Gasteiger partial charge in [0.05, 0.1) is 12.1 Å². The van der Waals surface area contributed by atoms with Gasteiger partial charge < -0.3 is 10.6 Å². The van der Waals surface area contributed by atoms with Crippen molar-refractivity contribution in [3.05, 3.63) is 88.1 Å². The summed E-state index contributed by atoms with van der Waals surface area (Å²) < 4.78 is 15.1. The molecule has 3 aromatic rings. The molecule has 3 rings (SSSR count). The quantitative estimate of drug-likeness (QED) is 0.711. The van der Waals surface area contributed by atoms with Crippen molar-refractivity contribution in [3.63, 3.8) is 0 Å². The number of carbonyl (C=O) groups excluding carboxylic acids is 2. The van der Waals surface area contributed by atoms with E-state index in [1.54, 1.807) is 12.1 Å². The molecule has 2 N–H and O–H groups in total. The smallest absolute Gasteiger partial charge is 0.276 e. The summed E-state index contributed by atoms with van der Waals surface area (Å²) in [5, 5.41) is 8.92. The zero-order valence-electron chi connectivity index (χ0n) is 15.0. The summed E-state index contributed by atoms with van der Waals surface area (Å²) in [5.41, 5.74) is 0.706. The SMILES string of the molecule is Cn1nc(C(=O)Nc2ccc(F)c(NC(=O)Cc3ccccc3)c2)ccc1=O. The maximum Gasteiger partial charge on any atom is 0.276 e. The van der Waals surface area contributed by atoms with Crippen LogP contribution in [0.4, 0.5) is 15.8 Å². The third kappa shape index (κ3) is 4.67. The van der Waals surface area contributed by atoms with E-state index in [0.717, 1.165) is 16.3 Å². The van der Waals surface area contributed by atoms with Gasteiger partial charge >= 0.3 is 0 Å². The first-order valence-corrected chi connectivity index (χ1v) is 8.41. The fraction of sp³-hybridized carbons (Fsp3) is 0.100. The van der Waals surface area contributed by atoms with E-state index in [-0.39, 0.29) is 35.0 Å². The van der Waals surface area contributed by atoms with E-state index in [0.29, 0.717) is 0 Å². The topological polar surface area (TPSA) is 93.1 Å². The zero-order valence-corrected chi connectivity index (χ0v) is 15.0. The molecule has 0 saturated heterocycles. The Morgan fingerprint density at radius 1 is 1.04 bits per heavy atom. The zero-order chi connectivity index (χ0) is 20.1. The highest BCUT2D eigenvalue weighted by atomic mass is 19.1. The lowest BCUT2D eigenvalue weighted by Gasteiger charge is -2.10. The summed E-state index contributed by atoms with van der Waals surface area (Å²) in [6, 6.07) is 15.4. The second-order valence-electron chi connectivity index (χ2n) is 6.04. The van der Waals surface area contributed by atoms with E-state index in [1.165, 1.54) is 31.3 Å². The largest absolute Gasteiger partial charge is 0.323 e. The molecule has 0 aliphatic rings. The molecule has 0 aliphatic heterocycles. The molecule has 0 saturated carbocycles. The normalized spacial score (nSPS) is 10.4. The molecule has 142 valence electrons. The van der Waals surface area contributed by atoms with Crippen LogP contribution in [0.3, 0.4) is 0 Å². The minimum absolute atomic E-state index is 0.0288. The van der Waals surface area contributed by atoms with E-state index < -0.39 is 11.7 Å². The average molecular weight is 380 g/mol. The number of hydrogen-bond acceptors (Lipinski definition) is 4. The molecule has 1 heterocycles. The molecule has 2 aromatic carbocycles. The minimum Gasteiger partial charge on any atom is -0.323 e. The van der Waals surface area contributed by atoms with Crippen LogP contribution in [-0.2, 0) is 18.3 Å². The van der Waals surface area contributed by atoms with Gasteiger partial charge in [-0.05, 0) is 29.8 Å². The van der Waals surface area contributed by atoms with Crippen LogP contribution in [0.1, 0.15) is 16.1 Å². The van der Waals surface area contributed by atoms with Crippen LogP contribution < -0.4 is 16.2 Å². The van der Waals surface area contributed by atoms with E-state index >= 15 is 0 Å². The monoisotopic (exact) mass is 380 g/mol. The number of aromatic nitrogens is 2. The molecule has 0 bridgehead atoms. The van der Waals surface area contributed by atoms with Gasteiger partial charge in [-0.2, -0.15) is 5.10 Å². The van der Waals surface area contributed by atoms with Gasteiger partial charge in [-0.1, -0.05) is 30.3 Å². The molecule has 0 radical (unpaired) electrons. The standard InChI is InChI=1S/C20H17FN4O3/c1-25-19(27)10-9-16(24-25)20(28)22-14-7-8-15(21)17(12-14)23-18(26)11-13-5-3-2-4-6-13/h2-10,12H,11H2,1H3,(H,22,28)(H,23,26). The van der Waals surface area contributed by atoms with Crippen LogP contribution in [0.15, 0.2) is 65.5 Å². The second-order valence-corrected chi connectivity index (χ2v) is 6.04. The Kier molecular flexibility index (Phi) is 5.59. The Hall–Kier alpha value is -3.81. The van der Waals surface area contributed by atoms with Crippen molar-refractivity contribution < 1.29 is 14.0 Å². The number of hydrogen-bond donors (Lipinski definition) is 2. The molecule has 0 spiro atoms. The van der Waals surface area contributed by atoms with Crippen molar-refractivity contribution in [2.45, 2.75) is 6.42 Å². The molecule has 0 unspecified atom stereocenters. The summed E-state index contributed by atoms with van der Waals surface area (Å²) in [7, 11) is 1.43. The number of nitrogens with one attached hydrogen (secondary N) is 2. The van der Waals surface area contributed by atoms with Gasteiger partial charge in [0, 0.05) is 18.8 Å². The first-order chi connectivity index (χ1) is 13.4. The summed E-state index contributed by atoms with van der Waals surface area (Å²) in [4.78, 5) is 35.8. The highest BCUT2D eigenvalue weighted by molar-refractivity contribution is 6.03. The summed E-state index contributed by atoms with van der Waals surface area (Å²) >= 11 is 0. The lowest BCUT2D eigenvalue weighted by atomic mass is 10.1. The number of carbonyl (C=O) groups is 2. The Morgan fingerprint density at radius 2 is 1.79 bits per heavy atom. The van der Waals surface area contributed by atoms with Crippen molar-refractivity contribution >= 4 is 23.2 Å². The molecule has 28 heavy (non-hydrogen) atoms. The maximum absolute atomic E-state index is 14.0. The fourth-order valence-electron chi connectivity index (χ4n) is 2.49. The van der Waals surface area contributed by atoms with Crippen molar-refractivity contribution in [2.24, 2.45) is 7.05 Å². The van der Waals surface area contributed by atoms with Crippen LogP contribution in [-0.4, -0.2) is 21.6 Å². The minimum atomic E-state index is -0.625. The van der Waals surface area contributed by atoms with Gasteiger partial charge in [0.25, 0.3) is 11.5 Å². The Labute approximate surface area is 159 Å². The third-order valence-electron chi connectivity index (χ3n) is 3.90. The van der Waals surface area contributed by atoms with Gasteiger partial charge in [-0.15, -0.1) is 0 Å². The Balaban J connectivity index is 1.72. The van der Waals surface area contributed by atoms with Crippen LogP contribution in [0.5, 0.6) is 0 Å². The molecule has 2 amide bonds. The summed E-state index contributed by atoms with van der Waals surface area (Å²) in [5.74, 6) is -1.57. The Bertz CT molecular complexity index is 1080. The highest BCUT2D eigenvalue weighted by Gasteiger charge is 2.12. The van der Waals surface area contributed by atoms with Crippen molar-refractivity contribution in [1.29, 1.82) is 0 Å². The van der Waals surface area contributed by atoms with Crippen molar-refractivity contribution in [3.8, 4) is 0 Å². The summed E-state index contributed by atoms with van der Waals surface area (Å²) in [6.45, 7) is 0. The maximum atomic E-state index is 14.0. The van der Waals surface area contributed by atoms with Gasteiger partial charge in [-0.25, -0.2) is 9.07 Å². The molecular weight excluding hydrogens is 363 g/mol. The molecule has 1 aromatic heterocycles. The number of amides is 2. The van der Waals surface area contributed by atoms with E-state index in [9.17, 15) is 18.8 Å². The average Bonchev–Trinajstić information content (AvgIpc) is 2.67. The van der Waals surface area contributed by atoms with Gasteiger partial charge in [0.2, 0.25) is 5.91 Å². The summed E-state index contributed by atoms with van der Waals surface area (Å²) in [6.07, 6.45) is 0.0961. The van der Waals surface area contributed by atoms with Crippen LogP contribution >= 0.6 is 0 Å². The third-order valence-corrected chi connectivity index (χ3v) is 3.90. The van der Waals surface area contributed by atoms with Crippen molar-refractivity contribution in [1.82, 2.24) is 9.78 Å². The first kappa shape index (κ1) is 19.0. The van der Waals surface area contributed by atoms with E-state index in [2.05, 4.69) is 15.7 Å². The first-order valence-electron chi connectivity index (χ1n) is 8.41. The lowest BCUT2D eigenvalue weighted by Crippen LogP contribution is -2.23.